The lowest BCUT2D eigenvalue weighted by Gasteiger charge is -2.18. The molecular weight excluding hydrogens is 266 g/mol. The van der Waals surface area contributed by atoms with Crippen LogP contribution in [-0.4, -0.2) is 23.2 Å². The molecular formula is C17H21NO3. The second kappa shape index (κ2) is 6.59. The van der Waals surface area contributed by atoms with Gasteiger partial charge in [-0.1, -0.05) is 30.3 Å². The molecule has 0 heterocycles. The molecule has 2 aromatic rings. The van der Waals surface area contributed by atoms with Crippen molar-refractivity contribution in [2.24, 2.45) is 0 Å². The molecule has 1 atom stereocenters. The molecule has 0 amide bonds. The first-order valence-corrected chi connectivity index (χ1v) is 7.12. The molecule has 2 N–H and O–H groups in total. The lowest BCUT2D eigenvalue weighted by Crippen LogP contribution is -2.33. The lowest BCUT2D eigenvalue weighted by atomic mass is 10.0. The number of hydrogen-bond donors (Lipinski definition) is 2. The van der Waals surface area contributed by atoms with Crippen molar-refractivity contribution in [1.29, 1.82) is 0 Å². The summed E-state index contributed by atoms with van der Waals surface area (Å²) in [5.41, 5.74) is 0.995. The van der Waals surface area contributed by atoms with Crippen molar-refractivity contribution in [3.63, 3.8) is 0 Å². The third-order valence-corrected chi connectivity index (χ3v) is 3.32. The summed E-state index contributed by atoms with van der Waals surface area (Å²) in [6.45, 7) is 6.05. The number of fused-ring (bicyclic) bond motifs is 1. The summed E-state index contributed by atoms with van der Waals surface area (Å²) in [6.07, 6.45) is 0.0711. The number of ether oxygens (including phenoxy) is 1. The van der Waals surface area contributed by atoms with Crippen LogP contribution in [0.2, 0.25) is 0 Å². The van der Waals surface area contributed by atoms with Crippen LogP contribution in [0.15, 0.2) is 36.4 Å². The van der Waals surface area contributed by atoms with Crippen molar-refractivity contribution >= 4 is 16.7 Å². The quantitative estimate of drug-likeness (QED) is 0.856. The van der Waals surface area contributed by atoms with Crippen LogP contribution in [0.5, 0.6) is 5.75 Å². The number of carboxylic acids is 1. The van der Waals surface area contributed by atoms with E-state index in [1.807, 2.05) is 50.2 Å². The molecule has 0 fully saturated rings. The number of nitrogens with one attached hydrogen (secondary N) is 1. The Morgan fingerprint density at radius 2 is 1.90 bits per heavy atom. The van der Waals surface area contributed by atoms with E-state index in [9.17, 15) is 4.79 Å². The van der Waals surface area contributed by atoms with Gasteiger partial charge in [0.05, 0.1) is 6.10 Å². The van der Waals surface area contributed by atoms with Gasteiger partial charge in [0, 0.05) is 12.1 Å². The van der Waals surface area contributed by atoms with E-state index in [0.717, 1.165) is 22.1 Å². The van der Waals surface area contributed by atoms with Gasteiger partial charge in [0.1, 0.15) is 11.8 Å². The number of benzene rings is 2. The molecule has 21 heavy (non-hydrogen) atoms. The van der Waals surface area contributed by atoms with Gasteiger partial charge in [-0.25, -0.2) is 0 Å². The number of hydrogen-bond acceptors (Lipinski definition) is 3. The van der Waals surface area contributed by atoms with E-state index in [1.54, 1.807) is 6.92 Å². The minimum absolute atomic E-state index is 0.0711. The van der Waals surface area contributed by atoms with Gasteiger partial charge in [0.2, 0.25) is 0 Å². The zero-order chi connectivity index (χ0) is 15.4. The van der Waals surface area contributed by atoms with Gasteiger partial charge in [0.15, 0.2) is 0 Å². The summed E-state index contributed by atoms with van der Waals surface area (Å²) in [4.78, 5) is 11.0. The molecule has 0 saturated heterocycles. The van der Waals surface area contributed by atoms with Crippen LogP contribution in [0.1, 0.15) is 26.3 Å². The first kappa shape index (κ1) is 15.3. The standard InChI is InChI=1S/C17H21NO3/c1-11(2)21-16-9-8-13-6-4-5-7-14(13)15(16)10-18-12(3)17(19)20/h4-9,11-12,18H,10H2,1-3H3,(H,19,20)/t12-/m0/s1. The van der Waals surface area contributed by atoms with Gasteiger partial charge >= 0.3 is 5.97 Å². The van der Waals surface area contributed by atoms with E-state index in [2.05, 4.69) is 5.32 Å². The minimum Gasteiger partial charge on any atom is -0.491 e. The van der Waals surface area contributed by atoms with Crippen LogP contribution in [-0.2, 0) is 11.3 Å². The molecule has 0 aliphatic heterocycles. The Bertz CT molecular complexity index is 637. The Hall–Kier alpha value is -2.07. The maximum atomic E-state index is 11.0. The second-order valence-corrected chi connectivity index (χ2v) is 5.37. The number of carbonyl (C=O) groups is 1. The maximum Gasteiger partial charge on any atom is 0.320 e. The predicted octanol–water partition coefficient (Wildman–Crippen LogP) is 3.19. The molecule has 0 aliphatic rings. The van der Waals surface area contributed by atoms with E-state index in [4.69, 9.17) is 9.84 Å². The number of carboxylic acid groups (broad SMARTS) is 1. The predicted molar refractivity (Wildman–Crippen MR) is 83.6 cm³/mol. The third-order valence-electron chi connectivity index (χ3n) is 3.32. The van der Waals surface area contributed by atoms with Crippen LogP contribution in [0.4, 0.5) is 0 Å². The Morgan fingerprint density at radius 1 is 1.19 bits per heavy atom. The Balaban J connectivity index is 2.38. The van der Waals surface area contributed by atoms with Gasteiger partial charge in [-0.15, -0.1) is 0 Å². The fraction of sp³-hybridized carbons (Fsp3) is 0.353. The Kier molecular flexibility index (Phi) is 4.81. The third kappa shape index (κ3) is 3.73. The largest absolute Gasteiger partial charge is 0.491 e. The summed E-state index contributed by atoms with van der Waals surface area (Å²) in [6, 6.07) is 11.4. The lowest BCUT2D eigenvalue weighted by molar-refractivity contribution is -0.139. The summed E-state index contributed by atoms with van der Waals surface area (Å²) < 4.78 is 5.86. The molecule has 2 aromatic carbocycles. The van der Waals surface area contributed by atoms with Crippen molar-refractivity contribution in [3.05, 3.63) is 42.0 Å². The molecule has 0 spiro atoms. The van der Waals surface area contributed by atoms with Crippen LogP contribution in [0.25, 0.3) is 10.8 Å². The normalized spacial score (nSPS) is 12.6. The summed E-state index contributed by atoms with van der Waals surface area (Å²) in [5, 5.41) is 14.2. The summed E-state index contributed by atoms with van der Waals surface area (Å²) in [5.74, 6) is -0.0599. The highest BCUT2D eigenvalue weighted by atomic mass is 16.5. The van der Waals surface area contributed by atoms with Gasteiger partial charge in [-0.2, -0.15) is 0 Å². The van der Waals surface area contributed by atoms with Crippen LogP contribution in [0.3, 0.4) is 0 Å². The summed E-state index contributed by atoms with van der Waals surface area (Å²) >= 11 is 0. The molecule has 0 bridgehead atoms. The maximum absolute atomic E-state index is 11.0. The van der Waals surface area contributed by atoms with Gasteiger partial charge in [-0.05, 0) is 37.6 Å². The van der Waals surface area contributed by atoms with E-state index in [0.29, 0.717) is 6.54 Å². The molecule has 4 nitrogen and oxygen atoms in total. The van der Waals surface area contributed by atoms with E-state index >= 15 is 0 Å². The number of rotatable bonds is 6. The van der Waals surface area contributed by atoms with Crippen molar-refractivity contribution in [3.8, 4) is 5.75 Å². The van der Waals surface area contributed by atoms with Crippen molar-refractivity contribution in [1.82, 2.24) is 5.32 Å². The fourth-order valence-corrected chi connectivity index (χ4v) is 2.21. The zero-order valence-electron chi connectivity index (χ0n) is 12.6. The van der Waals surface area contributed by atoms with Gasteiger partial charge in [-0.3, -0.25) is 4.79 Å². The molecule has 0 saturated carbocycles. The van der Waals surface area contributed by atoms with Crippen LogP contribution >= 0.6 is 0 Å². The first-order valence-electron chi connectivity index (χ1n) is 7.12. The molecule has 4 heteroatoms. The van der Waals surface area contributed by atoms with E-state index < -0.39 is 12.0 Å². The molecule has 112 valence electrons. The van der Waals surface area contributed by atoms with Gasteiger partial charge in [0.25, 0.3) is 0 Å². The summed E-state index contributed by atoms with van der Waals surface area (Å²) in [7, 11) is 0. The minimum atomic E-state index is -0.860. The second-order valence-electron chi connectivity index (χ2n) is 5.37. The van der Waals surface area contributed by atoms with Crippen LogP contribution < -0.4 is 10.1 Å². The molecule has 0 unspecified atom stereocenters. The molecule has 0 radical (unpaired) electrons. The zero-order valence-corrected chi connectivity index (χ0v) is 12.6. The van der Waals surface area contributed by atoms with Crippen LogP contribution in [0, 0.1) is 0 Å². The molecule has 2 rings (SSSR count). The SMILES string of the molecule is CC(C)Oc1ccc2ccccc2c1CN[C@@H](C)C(=O)O. The average Bonchev–Trinajstić information content (AvgIpc) is 2.45. The first-order chi connectivity index (χ1) is 9.99. The van der Waals surface area contributed by atoms with Gasteiger partial charge < -0.3 is 15.2 Å². The topological polar surface area (TPSA) is 58.6 Å². The molecule has 0 aliphatic carbocycles. The monoisotopic (exact) mass is 287 g/mol. The Labute approximate surface area is 124 Å². The number of aliphatic carboxylic acids is 1. The highest BCUT2D eigenvalue weighted by Crippen LogP contribution is 2.28. The van der Waals surface area contributed by atoms with Crippen molar-refractivity contribution < 1.29 is 14.6 Å². The average molecular weight is 287 g/mol. The van der Waals surface area contributed by atoms with Crippen molar-refractivity contribution in [2.75, 3.05) is 0 Å². The Morgan fingerprint density at radius 3 is 2.57 bits per heavy atom. The smallest absolute Gasteiger partial charge is 0.320 e. The highest BCUT2D eigenvalue weighted by molar-refractivity contribution is 5.87. The molecule has 0 aromatic heterocycles. The van der Waals surface area contributed by atoms with E-state index in [1.165, 1.54) is 0 Å². The fourth-order valence-electron chi connectivity index (χ4n) is 2.21. The van der Waals surface area contributed by atoms with Crippen molar-refractivity contribution in [2.45, 2.75) is 39.5 Å². The highest BCUT2D eigenvalue weighted by Gasteiger charge is 2.14. The van der Waals surface area contributed by atoms with E-state index in [-0.39, 0.29) is 6.10 Å².